The molecule has 1 fully saturated rings. The number of benzene rings is 2. The summed E-state index contributed by atoms with van der Waals surface area (Å²) in [5.41, 5.74) is 3.30. The summed E-state index contributed by atoms with van der Waals surface area (Å²) in [7, 11) is 0. The molecule has 2 amide bonds. The van der Waals surface area contributed by atoms with Gasteiger partial charge in [0.25, 0.3) is 0 Å². The Morgan fingerprint density at radius 1 is 1.12 bits per heavy atom. The van der Waals surface area contributed by atoms with Gasteiger partial charge < -0.3 is 24.5 Å². The van der Waals surface area contributed by atoms with Gasteiger partial charge in [-0.15, -0.1) is 0 Å². The topological polar surface area (TPSA) is 88.9 Å². The summed E-state index contributed by atoms with van der Waals surface area (Å²) >= 11 is 0. The van der Waals surface area contributed by atoms with E-state index in [0.717, 1.165) is 61.2 Å². The first-order valence-corrected chi connectivity index (χ1v) is 11.2. The zero-order valence-electron chi connectivity index (χ0n) is 19.1. The maximum absolute atomic E-state index is 12.4. The first-order valence-electron chi connectivity index (χ1n) is 11.2. The molecule has 0 spiro atoms. The van der Waals surface area contributed by atoms with Crippen molar-refractivity contribution in [3.05, 3.63) is 65.5 Å². The lowest BCUT2D eigenvalue weighted by atomic mass is 10.2. The first kappa shape index (κ1) is 22.8. The second kappa shape index (κ2) is 11.0. The van der Waals surface area contributed by atoms with E-state index >= 15 is 0 Å². The lowest BCUT2D eigenvalue weighted by molar-refractivity contribution is 0.0322. The molecule has 2 heterocycles. The van der Waals surface area contributed by atoms with Crippen molar-refractivity contribution in [1.29, 1.82) is 0 Å². The highest BCUT2D eigenvalue weighted by molar-refractivity contribution is 5.89. The summed E-state index contributed by atoms with van der Waals surface area (Å²) in [6.45, 7) is 9.14. The lowest BCUT2D eigenvalue weighted by Crippen LogP contribution is -2.38. The fourth-order valence-electron chi connectivity index (χ4n) is 3.55. The zero-order chi connectivity index (χ0) is 23.0. The predicted molar refractivity (Wildman–Crippen MR) is 126 cm³/mol. The van der Waals surface area contributed by atoms with Crippen molar-refractivity contribution >= 4 is 11.7 Å². The van der Waals surface area contributed by atoms with Gasteiger partial charge in [0.05, 0.1) is 18.9 Å². The van der Waals surface area contributed by atoms with Crippen LogP contribution in [0.1, 0.15) is 17.0 Å². The van der Waals surface area contributed by atoms with E-state index in [0.29, 0.717) is 24.7 Å². The minimum Gasteiger partial charge on any atom is -0.492 e. The Balaban J connectivity index is 1.26. The molecule has 0 bridgehead atoms. The predicted octanol–water partition coefficient (Wildman–Crippen LogP) is 3.99. The molecule has 1 aromatic heterocycles. The minimum atomic E-state index is -0.287. The maximum Gasteiger partial charge on any atom is 0.319 e. The number of ether oxygens (including phenoxy) is 2. The Labute approximate surface area is 193 Å². The Morgan fingerprint density at radius 2 is 1.94 bits per heavy atom. The summed E-state index contributed by atoms with van der Waals surface area (Å²) in [6, 6.07) is 14.9. The number of nitrogens with zero attached hydrogens (tertiary/aromatic N) is 2. The smallest absolute Gasteiger partial charge is 0.319 e. The SMILES string of the molecule is Cc1nc(-c2cccc(NC(=O)NCc3cccc(OCCN4CCOCC4)c3)c2)oc1C. The van der Waals surface area contributed by atoms with Crippen LogP contribution in [0.2, 0.25) is 0 Å². The number of carbonyl (C=O) groups excluding carboxylic acids is 1. The number of aryl methyl sites for hydroxylation is 2. The lowest BCUT2D eigenvalue weighted by Gasteiger charge is -2.26. The molecule has 0 saturated carbocycles. The van der Waals surface area contributed by atoms with E-state index in [1.807, 2.05) is 62.4 Å². The van der Waals surface area contributed by atoms with Crippen LogP contribution in [0, 0.1) is 13.8 Å². The van der Waals surface area contributed by atoms with Gasteiger partial charge in [-0.25, -0.2) is 9.78 Å². The first-order chi connectivity index (χ1) is 16.1. The Morgan fingerprint density at radius 3 is 2.73 bits per heavy atom. The van der Waals surface area contributed by atoms with Crippen LogP contribution in [0.15, 0.2) is 52.9 Å². The zero-order valence-corrected chi connectivity index (χ0v) is 19.1. The van der Waals surface area contributed by atoms with E-state index < -0.39 is 0 Å². The van der Waals surface area contributed by atoms with Crippen molar-refractivity contribution in [1.82, 2.24) is 15.2 Å². The van der Waals surface area contributed by atoms with E-state index in [1.165, 1.54) is 0 Å². The summed E-state index contributed by atoms with van der Waals surface area (Å²) in [5, 5.41) is 5.75. The average Bonchev–Trinajstić information content (AvgIpc) is 3.17. The highest BCUT2D eigenvalue weighted by Gasteiger charge is 2.11. The third-order valence-corrected chi connectivity index (χ3v) is 5.53. The molecule has 0 atom stereocenters. The van der Waals surface area contributed by atoms with Crippen LogP contribution in [0.3, 0.4) is 0 Å². The summed E-state index contributed by atoms with van der Waals surface area (Å²) in [5.74, 6) is 2.13. The third-order valence-electron chi connectivity index (χ3n) is 5.53. The molecule has 2 N–H and O–H groups in total. The summed E-state index contributed by atoms with van der Waals surface area (Å²) in [4.78, 5) is 19.2. The third kappa shape index (κ3) is 6.57. The standard InChI is InChI=1S/C25H30N4O4/c1-18-19(2)33-24(27-18)21-6-4-7-22(16-21)28-25(30)26-17-20-5-3-8-23(15-20)32-14-11-29-9-12-31-13-10-29/h3-8,15-16H,9-14,17H2,1-2H3,(H2,26,28,30). The average molecular weight is 451 g/mol. The number of oxazole rings is 1. The van der Waals surface area contributed by atoms with Crippen molar-refractivity contribution < 1.29 is 18.7 Å². The molecule has 1 saturated heterocycles. The molecule has 0 aliphatic carbocycles. The van der Waals surface area contributed by atoms with Crippen LogP contribution in [0.4, 0.5) is 10.5 Å². The summed E-state index contributed by atoms with van der Waals surface area (Å²) < 4.78 is 16.9. The molecular weight excluding hydrogens is 420 g/mol. The molecule has 1 aliphatic heterocycles. The van der Waals surface area contributed by atoms with Gasteiger partial charge in [0.2, 0.25) is 5.89 Å². The van der Waals surface area contributed by atoms with Gasteiger partial charge in [0.1, 0.15) is 18.1 Å². The Hall–Kier alpha value is -3.36. The van der Waals surface area contributed by atoms with Crippen LogP contribution in [-0.4, -0.2) is 55.4 Å². The van der Waals surface area contributed by atoms with Gasteiger partial charge in [0.15, 0.2) is 0 Å². The number of hydrogen-bond donors (Lipinski definition) is 2. The van der Waals surface area contributed by atoms with Crippen molar-refractivity contribution in [2.75, 3.05) is 44.8 Å². The number of hydrogen-bond acceptors (Lipinski definition) is 6. The fourth-order valence-corrected chi connectivity index (χ4v) is 3.55. The minimum absolute atomic E-state index is 0.287. The van der Waals surface area contributed by atoms with Crippen LogP contribution in [0.25, 0.3) is 11.5 Å². The van der Waals surface area contributed by atoms with Gasteiger partial charge in [-0.05, 0) is 49.7 Å². The Bertz CT molecular complexity index is 1060. The molecule has 1 aliphatic rings. The van der Waals surface area contributed by atoms with Gasteiger partial charge in [-0.1, -0.05) is 18.2 Å². The number of aromatic nitrogens is 1. The number of nitrogens with one attached hydrogen (secondary N) is 2. The molecule has 174 valence electrons. The maximum atomic E-state index is 12.4. The van der Waals surface area contributed by atoms with Crippen molar-refractivity contribution in [2.24, 2.45) is 0 Å². The van der Waals surface area contributed by atoms with E-state index in [1.54, 1.807) is 0 Å². The van der Waals surface area contributed by atoms with Gasteiger partial charge in [-0.2, -0.15) is 0 Å². The molecule has 33 heavy (non-hydrogen) atoms. The number of urea groups is 1. The second-order valence-corrected chi connectivity index (χ2v) is 8.00. The van der Waals surface area contributed by atoms with E-state index in [4.69, 9.17) is 13.9 Å². The number of amides is 2. The number of carbonyl (C=O) groups is 1. The van der Waals surface area contributed by atoms with E-state index in [2.05, 4.69) is 20.5 Å². The number of morpholine rings is 1. The van der Waals surface area contributed by atoms with Crippen LogP contribution >= 0.6 is 0 Å². The van der Waals surface area contributed by atoms with Gasteiger partial charge in [0, 0.05) is 37.4 Å². The molecule has 2 aromatic carbocycles. The number of anilines is 1. The quantitative estimate of drug-likeness (QED) is 0.540. The van der Waals surface area contributed by atoms with Crippen LogP contribution in [-0.2, 0) is 11.3 Å². The van der Waals surface area contributed by atoms with Gasteiger partial charge >= 0.3 is 6.03 Å². The molecule has 0 radical (unpaired) electrons. The normalized spacial score (nSPS) is 14.1. The van der Waals surface area contributed by atoms with Crippen LogP contribution in [0.5, 0.6) is 5.75 Å². The highest BCUT2D eigenvalue weighted by atomic mass is 16.5. The molecule has 8 heteroatoms. The van der Waals surface area contributed by atoms with Crippen LogP contribution < -0.4 is 15.4 Å². The van der Waals surface area contributed by atoms with E-state index in [-0.39, 0.29) is 6.03 Å². The van der Waals surface area contributed by atoms with Crippen molar-refractivity contribution in [3.8, 4) is 17.2 Å². The van der Waals surface area contributed by atoms with Gasteiger partial charge in [-0.3, -0.25) is 4.90 Å². The monoisotopic (exact) mass is 450 g/mol. The van der Waals surface area contributed by atoms with Crippen molar-refractivity contribution in [2.45, 2.75) is 20.4 Å². The molecule has 4 rings (SSSR count). The largest absolute Gasteiger partial charge is 0.492 e. The van der Waals surface area contributed by atoms with Crippen molar-refractivity contribution in [3.63, 3.8) is 0 Å². The molecule has 3 aromatic rings. The second-order valence-electron chi connectivity index (χ2n) is 8.00. The highest BCUT2D eigenvalue weighted by Crippen LogP contribution is 2.24. The molecular formula is C25H30N4O4. The number of rotatable bonds is 8. The summed E-state index contributed by atoms with van der Waals surface area (Å²) in [6.07, 6.45) is 0. The Kier molecular flexibility index (Phi) is 7.59. The molecule has 0 unspecified atom stereocenters. The fraction of sp³-hybridized carbons (Fsp3) is 0.360. The van der Waals surface area contributed by atoms with E-state index in [9.17, 15) is 4.79 Å². The molecule has 8 nitrogen and oxygen atoms in total.